The van der Waals surface area contributed by atoms with Crippen molar-refractivity contribution in [2.24, 2.45) is 11.7 Å². The minimum Gasteiger partial charge on any atom is -0.378 e. The molecular formula is C14H28N2O. The van der Waals surface area contributed by atoms with Crippen molar-refractivity contribution in [2.75, 3.05) is 13.2 Å². The third-order valence-corrected chi connectivity index (χ3v) is 4.38. The Morgan fingerprint density at radius 2 is 1.94 bits per heavy atom. The van der Waals surface area contributed by atoms with E-state index in [0.29, 0.717) is 24.1 Å². The van der Waals surface area contributed by atoms with Crippen molar-refractivity contribution in [3.63, 3.8) is 0 Å². The first kappa shape index (κ1) is 13.3. The van der Waals surface area contributed by atoms with Gasteiger partial charge in [0.15, 0.2) is 0 Å². The fraction of sp³-hybridized carbons (Fsp3) is 1.00. The summed E-state index contributed by atoms with van der Waals surface area (Å²) in [5, 5.41) is 3.68. The molecule has 3 nitrogen and oxygen atoms in total. The Labute approximate surface area is 105 Å². The predicted octanol–water partition coefficient (Wildman–Crippen LogP) is 2.05. The quantitative estimate of drug-likeness (QED) is 0.723. The highest BCUT2D eigenvalue weighted by molar-refractivity contribution is 4.88. The number of nitrogens with one attached hydrogen (secondary N) is 1. The Balaban J connectivity index is 1.61. The minimum absolute atomic E-state index is 0.424. The van der Waals surface area contributed by atoms with Gasteiger partial charge in [-0.3, -0.25) is 0 Å². The lowest BCUT2D eigenvalue weighted by Crippen LogP contribution is -2.48. The summed E-state index contributed by atoms with van der Waals surface area (Å²) in [5.74, 6) is 0.698. The van der Waals surface area contributed by atoms with Gasteiger partial charge in [0.05, 0.1) is 6.10 Å². The van der Waals surface area contributed by atoms with E-state index in [4.69, 9.17) is 10.5 Å². The highest BCUT2D eigenvalue weighted by Crippen LogP contribution is 2.25. The molecule has 2 aliphatic carbocycles. The zero-order chi connectivity index (χ0) is 12.1. The monoisotopic (exact) mass is 240 g/mol. The van der Waals surface area contributed by atoms with E-state index in [0.717, 1.165) is 13.2 Å². The standard InChI is InChI=1S/C14H28N2O/c1-2-17-13-8-12(9-13)16-10-11-6-4-3-5-7-14(11)15/h11-14,16H,2-10,15H2,1H3. The van der Waals surface area contributed by atoms with Gasteiger partial charge in [0.2, 0.25) is 0 Å². The summed E-state index contributed by atoms with van der Waals surface area (Å²) in [6.45, 7) is 4.04. The summed E-state index contributed by atoms with van der Waals surface area (Å²) in [5.41, 5.74) is 6.23. The molecule has 0 aromatic carbocycles. The average Bonchev–Trinajstić information content (AvgIpc) is 2.47. The van der Waals surface area contributed by atoms with Crippen LogP contribution in [0.3, 0.4) is 0 Å². The molecule has 0 aromatic rings. The molecule has 3 heteroatoms. The number of hydrogen-bond donors (Lipinski definition) is 2. The van der Waals surface area contributed by atoms with Gasteiger partial charge in [0, 0.05) is 18.7 Å². The summed E-state index contributed by atoms with van der Waals surface area (Å²) in [4.78, 5) is 0. The third-order valence-electron chi connectivity index (χ3n) is 4.38. The number of ether oxygens (including phenoxy) is 1. The molecule has 2 fully saturated rings. The largest absolute Gasteiger partial charge is 0.378 e. The van der Waals surface area contributed by atoms with Crippen molar-refractivity contribution in [3.8, 4) is 0 Å². The summed E-state index contributed by atoms with van der Waals surface area (Å²) in [6, 6.07) is 1.11. The van der Waals surface area contributed by atoms with Gasteiger partial charge in [0.25, 0.3) is 0 Å². The van der Waals surface area contributed by atoms with Crippen LogP contribution in [0.25, 0.3) is 0 Å². The fourth-order valence-corrected chi connectivity index (χ4v) is 3.09. The average molecular weight is 240 g/mol. The van der Waals surface area contributed by atoms with Gasteiger partial charge in [-0.25, -0.2) is 0 Å². The van der Waals surface area contributed by atoms with E-state index < -0.39 is 0 Å². The topological polar surface area (TPSA) is 47.3 Å². The second-order valence-corrected chi connectivity index (χ2v) is 5.72. The molecule has 2 saturated carbocycles. The molecule has 0 aliphatic heterocycles. The van der Waals surface area contributed by atoms with Crippen molar-refractivity contribution < 1.29 is 4.74 Å². The Morgan fingerprint density at radius 1 is 1.18 bits per heavy atom. The molecule has 0 amide bonds. The van der Waals surface area contributed by atoms with E-state index in [9.17, 15) is 0 Å². The first-order valence-electron chi connectivity index (χ1n) is 7.40. The van der Waals surface area contributed by atoms with Gasteiger partial charge in [-0.15, -0.1) is 0 Å². The van der Waals surface area contributed by atoms with Gasteiger partial charge in [-0.05, 0) is 45.1 Å². The zero-order valence-electron chi connectivity index (χ0n) is 11.2. The van der Waals surface area contributed by atoms with E-state index in [2.05, 4.69) is 12.2 Å². The first-order chi connectivity index (χ1) is 8.29. The van der Waals surface area contributed by atoms with Gasteiger partial charge < -0.3 is 15.8 Å². The normalized spacial score (nSPS) is 38.5. The maximum atomic E-state index is 6.23. The Bertz CT molecular complexity index is 216. The molecule has 0 bridgehead atoms. The molecule has 0 saturated heterocycles. The van der Waals surface area contributed by atoms with Crippen LogP contribution in [0.4, 0.5) is 0 Å². The van der Waals surface area contributed by atoms with E-state index in [1.807, 2.05) is 0 Å². The van der Waals surface area contributed by atoms with Crippen molar-refractivity contribution in [1.29, 1.82) is 0 Å². The molecule has 0 radical (unpaired) electrons. The molecule has 2 unspecified atom stereocenters. The van der Waals surface area contributed by atoms with Crippen molar-refractivity contribution >= 4 is 0 Å². The number of nitrogens with two attached hydrogens (primary N) is 1. The van der Waals surface area contributed by atoms with E-state index >= 15 is 0 Å². The molecule has 17 heavy (non-hydrogen) atoms. The van der Waals surface area contributed by atoms with E-state index in [1.165, 1.54) is 44.9 Å². The Hall–Kier alpha value is -0.120. The van der Waals surface area contributed by atoms with Crippen LogP contribution in [0, 0.1) is 5.92 Å². The van der Waals surface area contributed by atoms with Gasteiger partial charge in [0.1, 0.15) is 0 Å². The molecule has 3 N–H and O–H groups in total. The van der Waals surface area contributed by atoms with Gasteiger partial charge in [-0.1, -0.05) is 19.3 Å². The summed E-state index contributed by atoms with van der Waals surface area (Å²) in [7, 11) is 0. The molecule has 0 aromatic heterocycles. The van der Waals surface area contributed by atoms with Crippen LogP contribution in [0.15, 0.2) is 0 Å². The molecule has 2 rings (SSSR count). The van der Waals surface area contributed by atoms with Crippen LogP contribution in [-0.2, 0) is 4.74 Å². The third kappa shape index (κ3) is 3.94. The van der Waals surface area contributed by atoms with Gasteiger partial charge in [-0.2, -0.15) is 0 Å². The molecular weight excluding hydrogens is 212 g/mol. The zero-order valence-corrected chi connectivity index (χ0v) is 11.2. The molecule has 100 valence electrons. The molecule has 0 spiro atoms. The second kappa shape index (κ2) is 6.72. The lowest BCUT2D eigenvalue weighted by atomic mass is 9.88. The van der Waals surface area contributed by atoms with Crippen molar-refractivity contribution in [2.45, 2.75) is 70.1 Å². The summed E-state index contributed by atoms with van der Waals surface area (Å²) < 4.78 is 5.58. The first-order valence-corrected chi connectivity index (χ1v) is 7.40. The number of rotatable bonds is 5. The van der Waals surface area contributed by atoms with Crippen LogP contribution in [-0.4, -0.2) is 31.3 Å². The van der Waals surface area contributed by atoms with Crippen LogP contribution in [0.5, 0.6) is 0 Å². The molecule has 2 aliphatic rings. The highest BCUT2D eigenvalue weighted by atomic mass is 16.5. The van der Waals surface area contributed by atoms with E-state index in [-0.39, 0.29) is 0 Å². The number of hydrogen-bond acceptors (Lipinski definition) is 3. The summed E-state index contributed by atoms with van der Waals surface area (Å²) in [6.07, 6.45) is 9.50. The maximum absolute atomic E-state index is 6.23. The SMILES string of the molecule is CCOC1CC(NCC2CCCCCC2N)C1. The lowest BCUT2D eigenvalue weighted by molar-refractivity contribution is -0.0108. The Morgan fingerprint density at radius 3 is 2.71 bits per heavy atom. The van der Waals surface area contributed by atoms with Crippen molar-refractivity contribution in [1.82, 2.24) is 5.32 Å². The highest BCUT2D eigenvalue weighted by Gasteiger charge is 2.30. The van der Waals surface area contributed by atoms with Crippen LogP contribution in [0.1, 0.15) is 51.9 Å². The van der Waals surface area contributed by atoms with Crippen molar-refractivity contribution in [3.05, 3.63) is 0 Å². The lowest BCUT2D eigenvalue weighted by Gasteiger charge is -2.37. The van der Waals surface area contributed by atoms with E-state index in [1.54, 1.807) is 0 Å². The fourth-order valence-electron chi connectivity index (χ4n) is 3.09. The second-order valence-electron chi connectivity index (χ2n) is 5.72. The summed E-state index contributed by atoms with van der Waals surface area (Å²) >= 11 is 0. The van der Waals surface area contributed by atoms with Crippen LogP contribution in [0.2, 0.25) is 0 Å². The maximum Gasteiger partial charge on any atom is 0.0604 e. The van der Waals surface area contributed by atoms with Crippen LogP contribution >= 0.6 is 0 Å². The smallest absolute Gasteiger partial charge is 0.0604 e. The van der Waals surface area contributed by atoms with Gasteiger partial charge >= 0.3 is 0 Å². The molecule has 0 heterocycles. The minimum atomic E-state index is 0.424. The predicted molar refractivity (Wildman–Crippen MR) is 71.0 cm³/mol. The Kier molecular flexibility index (Phi) is 5.26. The van der Waals surface area contributed by atoms with Crippen LogP contribution < -0.4 is 11.1 Å². The molecule has 2 atom stereocenters.